The van der Waals surface area contributed by atoms with Crippen molar-refractivity contribution < 1.29 is 4.79 Å². The third-order valence-electron chi connectivity index (χ3n) is 1.77. The number of hydrogen-bond donors (Lipinski definition) is 2. The van der Waals surface area contributed by atoms with Gasteiger partial charge in [-0.2, -0.15) is 0 Å². The number of likely N-dealkylation sites (N-methyl/N-ethyl adjacent to an activating group) is 1. The van der Waals surface area contributed by atoms with Crippen LogP contribution >= 0.6 is 22.9 Å². The summed E-state index contributed by atoms with van der Waals surface area (Å²) in [5.41, 5.74) is 0.954. The van der Waals surface area contributed by atoms with E-state index in [2.05, 4.69) is 10.6 Å². The Kier molecular flexibility index (Phi) is 4.38. The van der Waals surface area contributed by atoms with Crippen molar-refractivity contribution in [3.63, 3.8) is 0 Å². The number of halogens is 1. The van der Waals surface area contributed by atoms with E-state index in [-0.39, 0.29) is 5.91 Å². The number of hydrogen-bond acceptors (Lipinski definition) is 3. The monoisotopic (exact) mass is 232 g/mol. The molecule has 1 amide bonds. The zero-order chi connectivity index (χ0) is 10.6. The van der Waals surface area contributed by atoms with Gasteiger partial charge in [0.1, 0.15) is 4.88 Å². The van der Waals surface area contributed by atoms with Gasteiger partial charge < -0.3 is 10.6 Å². The Bertz CT molecular complexity index is 325. The molecule has 5 heteroatoms. The summed E-state index contributed by atoms with van der Waals surface area (Å²) in [7, 11) is 1.84. The molecule has 14 heavy (non-hydrogen) atoms. The smallest absolute Gasteiger partial charge is 0.262 e. The van der Waals surface area contributed by atoms with Gasteiger partial charge in [0.05, 0.1) is 5.02 Å². The van der Waals surface area contributed by atoms with Crippen molar-refractivity contribution in [3.8, 4) is 0 Å². The van der Waals surface area contributed by atoms with Crippen molar-refractivity contribution in [2.45, 2.75) is 6.92 Å². The van der Waals surface area contributed by atoms with E-state index in [1.165, 1.54) is 11.3 Å². The molecule has 0 saturated carbocycles. The fraction of sp³-hybridized carbons (Fsp3) is 0.444. The molecule has 0 aliphatic carbocycles. The second-order valence-corrected chi connectivity index (χ2v) is 4.18. The predicted octanol–water partition coefficient (Wildman–Crippen LogP) is 1.66. The molecular weight excluding hydrogens is 220 g/mol. The maximum absolute atomic E-state index is 11.5. The number of amides is 1. The van der Waals surface area contributed by atoms with Crippen LogP contribution < -0.4 is 10.6 Å². The minimum absolute atomic E-state index is 0.0941. The second kappa shape index (κ2) is 5.34. The van der Waals surface area contributed by atoms with E-state index in [9.17, 15) is 4.79 Å². The number of carbonyl (C=O) groups excluding carboxylic acids is 1. The lowest BCUT2D eigenvalue weighted by Crippen LogP contribution is -2.30. The summed E-state index contributed by atoms with van der Waals surface area (Å²) in [6, 6.07) is 0. The third-order valence-corrected chi connectivity index (χ3v) is 3.46. The molecule has 0 radical (unpaired) electrons. The third kappa shape index (κ3) is 2.70. The number of thiophene rings is 1. The Hall–Kier alpha value is -0.580. The van der Waals surface area contributed by atoms with Gasteiger partial charge in [-0.15, -0.1) is 11.3 Å². The molecule has 1 aromatic rings. The zero-order valence-corrected chi connectivity index (χ0v) is 9.76. The summed E-state index contributed by atoms with van der Waals surface area (Å²) in [5.74, 6) is -0.0941. The Balaban J connectivity index is 2.56. The van der Waals surface area contributed by atoms with Crippen LogP contribution in [0.2, 0.25) is 5.02 Å². The van der Waals surface area contributed by atoms with Crippen molar-refractivity contribution in [3.05, 3.63) is 20.8 Å². The molecule has 0 fully saturated rings. The number of aryl methyl sites for hydroxylation is 1. The van der Waals surface area contributed by atoms with Crippen LogP contribution in [0, 0.1) is 6.92 Å². The SMILES string of the molecule is CNCCNC(=O)c1scc(C)c1Cl. The largest absolute Gasteiger partial charge is 0.350 e. The van der Waals surface area contributed by atoms with Crippen LogP contribution in [0.1, 0.15) is 15.2 Å². The average molecular weight is 233 g/mol. The van der Waals surface area contributed by atoms with Crippen molar-refractivity contribution in [1.82, 2.24) is 10.6 Å². The predicted molar refractivity (Wildman–Crippen MR) is 60.3 cm³/mol. The number of rotatable bonds is 4. The van der Waals surface area contributed by atoms with Gasteiger partial charge in [0.15, 0.2) is 0 Å². The Morgan fingerprint density at radius 2 is 2.29 bits per heavy atom. The number of nitrogens with one attached hydrogen (secondary N) is 2. The van der Waals surface area contributed by atoms with Gasteiger partial charge in [-0.1, -0.05) is 11.6 Å². The van der Waals surface area contributed by atoms with Gasteiger partial charge in [-0.3, -0.25) is 4.79 Å². The fourth-order valence-electron chi connectivity index (χ4n) is 0.964. The van der Waals surface area contributed by atoms with E-state index in [0.29, 0.717) is 16.4 Å². The van der Waals surface area contributed by atoms with Gasteiger partial charge in [0.25, 0.3) is 5.91 Å². The van der Waals surface area contributed by atoms with E-state index >= 15 is 0 Å². The molecule has 0 aliphatic rings. The molecule has 1 aromatic heterocycles. The summed E-state index contributed by atoms with van der Waals surface area (Å²) in [6.07, 6.45) is 0. The molecule has 0 aliphatic heterocycles. The quantitative estimate of drug-likeness (QED) is 0.776. The molecule has 0 atom stereocenters. The molecule has 78 valence electrons. The maximum atomic E-state index is 11.5. The topological polar surface area (TPSA) is 41.1 Å². The minimum atomic E-state index is -0.0941. The van der Waals surface area contributed by atoms with E-state index in [0.717, 1.165) is 12.1 Å². The Morgan fingerprint density at radius 3 is 2.79 bits per heavy atom. The molecular formula is C9H13ClN2OS. The van der Waals surface area contributed by atoms with Crippen molar-refractivity contribution in [1.29, 1.82) is 0 Å². The second-order valence-electron chi connectivity index (χ2n) is 2.92. The highest BCUT2D eigenvalue weighted by molar-refractivity contribution is 7.13. The first-order valence-corrected chi connectivity index (χ1v) is 5.59. The van der Waals surface area contributed by atoms with Crippen molar-refractivity contribution in [2.75, 3.05) is 20.1 Å². The van der Waals surface area contributed by atoms with Gasteiger partial charge in [0, 0.05) is 13.1 Å². The van der Waals surface area contributed by atoms with Crippen LogP contribution in [0.3, 0.4) is 0 Å². The summed E-state index contributed by atoms with van der Waals surface area (Å²) in [5, 5.41) is 8.18. The molecule has 1 rings (SSSR count). The Labute approximate surface area is 92.5 Å². The first-order chi connectivity index (χ1) is 6.66. The highest BCUT2D eigenvalue weighted by Gasteiger charge is 2.13. The van der Waals surface area contributed by atoms with Gasteiger partial charge >= 0.3 is 0 Å². The van der Waals surface area contributed by atoms with Crippen LogP contribution in [0.5, 0.6) is 0 Å². The van der Waals surface area contributed by atoms with E-state index in [1.807, 2.05) is 19.4 Å². The average Bonchev–Trinajstić information content (AvgIpc) is 2.48. The lowest BCUT2D eigenvalue weighted by Gasteiger charge is -2.02. The van der Waals surface area contributed by atoms with Gasteiger partial charge in [0.2, 0.25) is 0 Å². The molecule has 0 aromatic carbocycles. The molecule has 0 spiro atoms. The summed E-state index contributed by atoms with van der Waals surface area (Å²) in [6.45, 7) is 3.26. The van der Waals surface area contributed by atoms with Crippen LogP contribution in [0.25, 0.3) is 0 Å². The molecule has 0 saturated heterocycles. The van der Waals surface area contributed by atoms with Crippen LogP contribution in [-0.4, -0.2) is 26.0 Å². The van der Waals surface area contributed by atoms with Crippen molar-refractivity contribution in [2.24, 2.45) is 0 Å². The summed E-state index contributed by atoms with van der Waals surface area (Å²) < 4.78 is 0. The fourth-order valence-corrected chi connectivity index (χ4v) is 2.16. The molecule has 1 heterocycles. The molecule has 0 bridgehead atoms. The van der Waals surface area contributed by atoms with Gasteiger partial charge in [-0.25, -0.2) is 0 Å². The zero-order valence-electron chi connectivity index (χ0n) is 8.19. The summed E-state index contributed by atoms with van der Waals surface area (Å²) in [4.78, 5) is 12.1. The van der Waals surface area contributed by atoms with Gasteiger partial charge in [-0.05, 0) is 24.9 Å². The van der Waals surface area contributed by atoms with Crippen LogP contribution in [-0.2, 0) is 0 Å². The first kappa shape index (κ1) is 11.5. The molecule has 2 N–H and O–H groups in total. The molecule has 3 nitrogen and oxygen atoms in total. The standard InChI is InChI=1S/C9H13ClN2OS/c1-6-5-14-8(7(6)10)9(13)12-4-3-11-2/h5,11H,3-4H2,1-2H3,(H,12,13). The first-order valence-electron chi connectivity index (χ1n) is 4.33. The highest BCUT2D eigenvalue weighted by atomic mass is 35.5. The van der Waals surface area contributed by atoms with Crippen molar-refractivity contribution >= 4 is 28.8 Å². The van der Waals surface area contributed by atoms with Crippen LogP contribution in [0.15, 0.2) is 5.38 Å². The lowest BCUT2D eigenvalue weighted by molar-refractivity contribution is 0.0958. The van der Waals surface area contributed by atoms with E-state index < -0.39 is 0 Å². The number of carbonyl (C=O) groups is 1. The summed E-state index contributed by atoms with van der Waals surface area (Å²) >= 11 is 7.33. The van der Waals surface area contributed by atoms with E-state index in [1.54, 1.807) is 0 Å². The lowest BCUT2D eigenvalue weighted by atomic mass is 10.3. The Morgan fingerprint density at radius 1 is 1.57 bits per heavy atom. The van der Waals surface area contributed by atoms with E-state index in [4.69, 9.17) is 11.6 Å². The normalized spacial score (nSPS) is 10.2. The molecule has 0 unspecified atom stereocenters. The maximum Gasteiger partial charge on any atom is 0.262 e. The minimum Gasteiger partial charge on any atom is -0.350 e. The highest BCUT2D eigenvalue weighted by Crippen LogP contribution is 2.26. The van der Waals surface area contributed by atoms with Crippen LogP contribution in [0.4, 0.5) is 0 Å².